The maximum Gasteiger partial charge on any atom is 0.261 e. The Kier molecular flexibility index (Phi) is 5.48. The van der Waals surface area contributed by atoms with Crippen LogP contribution in [-0.4, -0.2) is 46.0 Å². The molecular formula is C19H26N4O2. The molecule has 0 aliphatic carbocycles. The van der Waals surface area contributed by atoms with E-state index in [1.807, 2.05) is 6.07 Å². The van der Waals surface area contributed by atoms with Gasteiger partial charge >= 0.3 is 0 Å². The smallest absolute Gasteiger partial charge is 0.261 e. The molecule has 134 valence electrons. The number of hydrogen-bond acceptors (Lipinski definition) is 4. The highest BCUT2D eigenvalue weighted by Crippen LogP contribution is 2.17. The summed E-state index contributed by atoms with van der Waals surface area (Å²) in [6.07, 6.45) is 3.88. The molecule has 25 heavy (non-hydrogen) atoms. The molecule has 1 fully saturated rings. The number of carbonyl (C=O) groups excluding carboxylic acids is 1. The number of nitrogens with one attached hydrogen (secondary N) is 1. The zero-order valence-corrected chi connectivity index (χ0v) is 14.9. The van der Waals surface area contributed by atoms with Crippen LogP contribution in [-0.2, 0) is 11.3 Å². The third kappa shape index (κ3) is 4.25. The number of nitrogens with zero attached hydrogens (tertiary/aromatic N) is 3. The van der Waals surface area contributed by atoms with Gasteiger partial charge in [0.2, 0.25) is 5.91 Å². The minimum Gasteiger partial charge on any atom is -0.353 e. The molecule has 0 radical (unpaired) electrons. The summed E-state index contributed by atoms with van der Waals surface area (Å²) in [6.45, 7) is 7.21. The molecule has 3 rings (SSSR count). The van der Waals surface area contributed by atoms with Gasteiger partial charge in [-0.25, -0.2) is 4.98 Å². The SMILES string of the molecule is CC1CCN([C@@H](C)CNC(=O)Cn2cnc3ccccc3c2=O)CC1. The molecule has 0 spiro atoms. The molecule has 1 saturated heterocycles. The summed E-state index contributed by atoms with van der Waals surface area (Å²) in [6, 6.07) is 7.48. The average Bonchev–Trinajstić information content (AvgIpc) is 2.63. The van der Waals surface area contributed by atoms with Gasteiger partial charge in [-0.05, 0) is 50.9 Å². The number of piperidine rings is 1. The van der Waals surface area contributed by atoms with E-state index in [0.717, 1.165) is 19.0 Å². The van der Waals surface area contributed by atoms with Crippen LogP contribution in [0.3, 0.4) is 0 Å². The fourth-order valence-electron chi connectivity index (χ4n) is 3.29. The Morgan fingerprint density at radius 1 is 1.32 bits per heavy atom. The number of para-hydroxylation sites is 1. The normalized spacial score (nSPS) is 17.5. The molecule has 1 aliphatic heterocycles. The predicted octanol–water partition coefficient (Wildman–Crippen LogP) is 1.63. The van der Waals surface area contributed by atoms with Gasteiger partial charge in [0.1, 0.15) is 6.54 Å². The molecule has 6 nitrogen and oxygen atoms in total. The van der Waals surface area contributed by atoms with Gasteiger partial charge in [0.25, 0.3) is 5.56 Å². The van der Waals surface area contributed by atoms with Crippen LogP contribution in [0.15, 0.2) is 35.4 Å². The van der Waals surface area contributed by atoms with Crippen LogP contribution in [0.5, 0.6) is 0 Å². The van der Waals surface area contributed by atoms with Gasteiger partial charge in [-0.1, -0.05) is 19.1 Å². The molecule has 6 heteroatoms. The largest absolute Gasteiger partial charge is 0.353 e. The highest BCUT2D eigenvalue weighted by molar-refractivity contribution is 5.78. The lowest BCUT2D eigenvalue weighted by Gasteiger charge is -2.35. The third-order valence-electron chi connectivity index (χ3n) is 5.08. The van der Waals surface area contributed by atoms with E-state index in [-0.39, 0.29) is 18.0 Å². The van der Waals surface area contributed by atoms with E-state index in [2.05, 4.69) is 29.0 Å². The lowest BCUT2D eigenvalue weighted by atomic mass is 9.98. The Labute approximate surface area is 147 Å². The summed E-state index contributed by atoms with van der Waals surface area (Å²) in [5.41, 5.74) is 0.468. The summed E-state index contributed by atoms with van der Waals surface area (Å²) < 4.78 is 1.37. The molecule has 1 aromatic heterocycles. The number of carbonyl (C=O) groups is 1. The van der Waals surface area contributed by atoms with Gasteiger partial charge in [-0.2, -0.15) is 0 Å². The van der Waals surface area contributed by atoms with Crippen molar-refractivity contribution in [1.82, 2.24) is 19.8 Å². The van der Waals surface area contributed by atoms with Crippen molar-refractivity contribution in [2.45, 2.75) is 39.3 Å². The maximum atomic E-state index is 12.4. The summed E-state index contributed by atoms with van der Waals surface area (Å²) in [5, 5.41) is 3.48. The highest BCUT2D eigenvalue weighted by atomic mass is 16.2. The molecule has 1 N–H and O–H groups in total. The van der Waals surface area contributed by atoms with Gasteiger partial charge < -0.3 is 5.32 Å². The Hall–Kier alpha value is -2.21. The molecular weight excluding hydrogens is 316 g/mol. The fraction of sp³-hybridized carbons (Fsp3) is 0.526. The molecule has 0 saturated carbocycles. The van der Waals surface area contributed by atoms with E-state index in [1.165, 1.54) is 23.7 Å². The number of amides is 1. The summed E-state index contributed by atoms with van der Waals surface area (Å²) in [7, 11) is 0. The second-order valence-electron chi connectivity index (χ2n) is 7.07. The maximum absolute atomic E-state index is 12.4. The van der Waals surface area contributed by atoms with Crippen molar-refractivity contribution in [3.05, 3.63) is 40.9 Å². The quantitative estimate of drug-likeness (QED) is 0.897. The standard InChI is InChI=1S/C19H26N4O2/c1-14-7-9-22(10-8-14)15(2)11-20-18(24)12-23-13-21-17-6-4-3-5-16(17)19(23)25/h3-6,13-15H,7-12H2,1-2H3,(H,20,24)/t15-/m0/s1. The van der Waals surface area contributed by atoms with E-state index in [4.69, 9.17) is 0 Å². The summed E-state index contributed by atoms with van der Waals surface area (Å²) in [4.78, 5) is 31.3. The van der Waals surface area contributed by atoms with E-state index < -0.39 is 0 Å². The Morgan fingerprint density at radius 3 is 2.80 bits per heavy atom. The van der Waals surface area contributed by atoms with Crippen molar-refractivity contribution >= 4 is 16.8 Å². The number of hydrogen-bond donors (Lipinski definition) is 1. The van der Waals surface area contributed by atoms with Crippen molar-refractivity contribution in [2.75, 3.05) is 19.6 Å². The van der Waals surface area contributed by atoms with Gasteiger partial charge in [0.05, 0.1) is 17.2 Å². The Balaban J connectivity index is 1.56. The lowest BCUT2D eigenvalue weighted by Crippen LogP contribution is -2.46. The predicted molar refractivity (Wildman–Crippen MR) is 98.4 cm³/mol. The van der Waals surface area contributed by atoms with Crippen molar-refractivity contribution in [1.29, 1.82) is 0 Å². The number of fused-ring (bicyclic) bond motifs is 1. The molecule has 1 atom stereocenters. The number of likely N-dealkylation sites (tertiary alicyclic amines) is 1. The van der Waals surface area contributed by atoms with Crippen molar-refractivity contribution in [3.8, 4) is 0 Å². The van der Waals surface area contributed by atoms with E-state index >= 15 is 0 Å². The minimum atomic E-state index is -0.182. The number of benzene rings is 1. The van der Waals surface area contributed by atoms with Gasteiger partial charge in [0.15, 0.2) is 0 Å². The third-order valence-corrected chi connectivity index (χ3v) is 5.08. The van der Waals surface area contributed by atoms with Gasteiger partial charge in [0, 0.05) is 12.6 Å². The van der Waals surface area contributed by atoms with Crippen LogP contribution in [0, 0.1) is 5.92 Å². The molecule has 0 unspecified atom stereocenters. The molecule has 0 bridgehead atoms. The average molecular weight is 342 g/mol. The first-order chi connectivity index (χ1) is 12.0. The van der Waals surface area contributed by atoms with Crippen molar-refractivity contribution in [2.24, 2.45) is 5.92 Å². The minimum absolute atomic E-state index is 0.000418. The summed E-state index contributed by atoms with van der Waals surface area (Å²) in [5.74, 6) is 0.640. The highest BCUT2D eigenvalue weighted by Gasteiger charge is 2.20. The first kappa shape index (κ1) is 17.6. The summed E-state index contributed by atoms with van der Waals surface area (Å²) >= 11 is 0. The fourth-order valence-corrected chi connectivity index (χ4v) is 3.29. The van der Waals surface area contributed by atoms with E-state index in [0.29, 0.717) is 23.5 Å². The topological polar surface area (TPSA) is 67.2 Å². The van der Waals surface area contributed by atoms with Crippen LogP contribution in [0.25, 0.3) is 10.9 Å². The van der Waals surface area contributed by atoms with Crippen molar-refractivity contribution in [3.63, 3.8) is 0 Å². The van der Waals surface area contributed by atoms with Gasteiger partial charge in [-0.15, -0.1) is 0 Å². The number of rotatable bonds is 5. The van der Waals surface area contributed by atoms with E-state index in [1.54, 1.807) is 18.2 Å². The monoisotopic (exact) mass is 342 g/mol. The molecule has 1 amide bonds. The molecule has 2 aromatic rings. The van der Waals surface area contributed by atoms with Crippen LogP contribution < -0.4 is 10.9 Å². The second-order valence-corrected chi connectivity index (χ2v) is 7.07. The molecule has 1 aromatic carbocycles. The number of aromatic nitrogens is 2. The lowest BCUT2D eigenvalue weighted by molar-refractivity contribution is -0.122. The molecule has 1 aliphatic rings. The zero-order chi connectivity index (χ0) is 17.8. The van der Waals surface area contributed by atoms with Crippen LogP contribution in [0.4, 0.5) is 0 Å². The molecule has 2 heterocycles. The van der Waals surface area contributed by atoms with Crippen molar-refractivity contribution < 1.29 is 4.79 Å². The first-order valence-corrected chi connectivity index (χ1v) is 8.99. The van der Waals surface area contributed by atoms with Crippen LogP contribution in [0.2, 0.25) is 0 Å². The zero-order valence-electron chi connectivity index (χ0n) is 14.9. The van der Waals surface area contributed by atoms with Crippen LogP contribution in [0.1, 0.15) is 26.7 Å². The van der Waals surface area contributed by atoms with E-state index in [9.17, 15) is 9.59 Å². The van der Waals surface area contributed by atoms with Crippen LogP contribution >= 0.6 is 0 Å². The second kappa shape index (κ2) is 7.78. The Morgan fingerprint density at radius 2 is 2.04 bits per heavy atom. The van der Waals surface area contributed by atoms with Gasteiger partial charge in [-0.3, -0.25) is 19.1 Å². The Bertz CT molecular complexity index is 793. The first-order valence-electron chi connectivity index (χ1n) is 8.99.